The molecule has 2 saturated heterocycles. The lowest BCUT2D eigenvalue weighted by molar-refractivity contribution is -0.136. The summed E-state index contributed by atoms with van der Waals surface area (Å²) in [7, 11) is 0. The molecule has 0 spiro atoms. The molecule has 3 atom stereocenters. The minimum absolute atomic E-state index is 0.202. The summed E-state index contributed by atoms with van der Waals surface area (Å²) in [5.41, 5.74) is 0. The molecule has 0 saturated carbocycles. The van der Waals surface area contributed by atoms with Crippen LogP contribution in [-0.2, 0) is 9.53 Å². The monoisotopic (exact) mass is 185 g/mol. The van der Waals surface area contributed by atoms with Crippen LogP contribution >= 0.6 is 0 Å². The average molecular weight is 185 g/mol. The Bertz CT molecular complexity index is 207. The van der Waals surface area contributed by atoms with Crippen LogP contribution in [0.15, 0.2) is 0 Å². The first-order chi connectivity index (χ1) is 6.25. The van der Waals surface area contributed by atoms with E-state index in [-0.39, 0.29) is 6.42 Å². The van der Waals surface area contributed by atoms with Crippen LogP contribution in [0.2, 0.25) is 0 Å². The van der Waals surface area contributed by atoms with Gasteiger partial charge in [0.1, 0.15) is 0 Å². The Hall–Kier alpha value is -0.610. The largest absolute Gasteiger partial charge is 0.481 e. The topological polar surface area (TPSA) is 58.6 Å². The van der Waals surface area contributed by atoms with Crippen molar-refractivity contribution in [1.82, 2.24) is 5.32 Å². The predicted octanol–water partition coefficient (Wildman–Crippen LogP) is 0.371. The van der Waals surface area contributed by atoms with Crippen molar-refractivity contribution in [2.24, 2.45) is 0 Å². The smallest absolute Gasteiger partial charge is 0.304 e. The van der Waals surface area contributed by atoms with E-state index in [9.17, 15) is 4.79 Å². The van der Waals surface area contributed by atoms with E-state index < -0.39 is 5.97 Å². The van der Waals surface area contributed by atoms with Crippen molar-refractivity contribution in [3.63, 3.8) is 0 Å². The molecule has 0 aromatic rings. The highest BCUT2D eigenvalue weighted by Gasteiger charge is 2.40. The minimum atomic E-state index is -0.739. The molecule has 13 heavy (non-hydrogen) atoms. The van der Waals surface area contributed by atoms with E-state index in [1.807, 2.05) is 0 Å². The second kappa shape index (κ2) is 3.64. The molecule has 2 rings (SSSR count). The molecular weight excluding hydrogens is 170 g/mol. The fraction of sp³-hybridized carbons (Fsp3) is 0.889. The summed E-state index contributed by atoms with van der Waals surface area (Å²) >= 11 is 0. The normalized spacial score (nSPS) is 36.8. The third-order valence-electron chi connectivity index (χ3n) is 2.85. The van der Waals surface area contributed by atoms with Crippen molar-refractivity contribution in [3.8, 4) is 0 Å². The van der Waals surface area contributed by atoms with Gasteiger partial charge in [-0.1, -0.05) is 0 Å². The third-order valence-corrected chi connectivity index (χ3v) is 2.85. The molecule has 0 aromatic heterocycles. The lowest BCUT2D eigenvalue weighted by Gasteiger charge is -2.19. The lowest BCUT2D eigenvalue weighted by atomic mass is 9.95. The first-order valence-corrected chi connectivity index (χ1v) is 4.86. The summed E-state index contributed by atoms with van der Waals surface area (Å²) in [6.45, 7) is 0.562. The van der Waals surface area contributed by atoms with E-state index in [0.29, 0.717) is 24.8 Å². The van der Waals surface area contributed by atoms with Gasteiger partial charge in [-0.25, -0.2) is 0 Å². The van der Waals surface area contributed by atoms with Crippen LogP contribution in [0.3, 0.4) is 0 Å². The quantitative estimate of drug-likeness (QED) is 0.664. The van der Waals surface area contributed by atoms with Gasteiger partial charge in [0.25, 0.3) is 0 Å². The summed E-state index contributed by atoms with van der Waals surface area (Å²) < 4.78 is 5.63. The number of rotatable bonds is 4. The molecule has 2 aliphatic rings. The number of aliphatic carboxylic acids is 1. The molecule has 4 nitrogen and oxygen atoms in total. The van der Waals surface area contributed by atoms with E-state index >= 15 is 0 Å². The zero-order chi connectivity index (χ0) is 9.26. The molecule has 2 heterocycles. The van der Waals surface area contributed by atoms with Gasteiger partial charge in [-0.3, -0.25) is 4.79 Å². The van der Waals surface area contributed by atoms with Crippen molar-refractivity contribution < 1.29 is 14.6 Å². The maximum atomic E-state index is 10.3. The minimum Gasteiger partial charge on any atom is -0.481 e. The molecule has 2 N–H and O–H groups in total. The Morgan fingerprint density at radius 1 is 1.54 bits per heavy atom. The van der Waals surface area contributed by atoms with Crippen LogP contribution in [0.5, 0.6) is 0 Å². The fourth-order valence-electron chi connectivity index (χ4n) is 2.22. The van der Waals surface area contributed by atoms with Gasteiger partial charge >= 0.3 is 5.97 Å². The lowest BCUT2D eigenvalue weighted by Crippen LogP contribution is -2.38. The van der Waals surface area contributed by atoms with Gasteiger partial charge in [-0.05, 0) is 19.3 Å². The SMILES string of the molecule is O=C(O)CCNC1CC2CCC1O2. The van der Waals surface area contributed by atoms with Gasteiger partial charge in [0.2, 0.25) is 0 Å². The Morgan fingerprint density at radius 2 is 2.38 bits per heavy atom. The molecule has 0 aliphatic carbocycles. The average Bonchev–Trinajstić information content (AvgIpc) is 2.64. The van der Waals surface area contributed by atoms with Crippen LogP contribution in [0.1, 0.15) is 25.7 Å². The number of carboxylic acid groups (broad SMARTS) is 1. The molecular formula is C9H15NO3. The summed E-state index contributed by atoms with van der Waals surface area (Å²) in [5.74, 6) is -0.739. The molecule has 74 valence electrons. The van der Waals surface area contributed by atoms with Gasteiger partial charge in [-0.2, -0.15) is 0 Å². The predicted molar refractivity (Wildman–Crippen MR) is 46.6 cm³/mol. The first-order valence-electron chi connectivity index (χ1n) is 4.86. The highest BCUT2D eigenvalue weighted by Crippen LogP contribution is 2.34. The van der Waals surface area contributed by atoms with Crippen molar-refractivity contribution in [1.29, 1.82) is 0 Å². The first kappa shape index (κ1) is 8.97. The number of carboxylic acids is 1. The van der Waals surface area contributed by atoms with Gasteiger partial charge in [0.05, 0.1) is 18.6 Å². The van der Waals surface area contributed by atoms with E-state index in [1.165, 1.54) is 6.42 Å². The third kappa shape index (κ3) is 2.00. The van der Waals surface area contributed by atoms with E-state index in [4.69, 9.17) is 9.84 Å². The van der Waals surface area contributed by atoms with Crippen LogP contribution < -0.4 is 5.32 Å². The van der Waals surface area contributed by atoms with Crippen LogP contribution in [0, 0.1) is 0 Å². The van der Waals surface area contributed by atoms with Gasteiger partial charge in [0, 0.05) is 12.6 Å². The molecule has 0 amide bonds. The second-order valence-corrected chi connectivity index (χ2v) is 3.81. The van der Waals surface area contributed by atoms with E-state index in [2.05, 4.69) is 5.32 Å². The fourth-order valence-corrected chi connectivity index (χ4v) is 2.22. The highest BCUT2D eigenvalue weighted by molar-refractivity contribution is 5.66. The Morgan fingerprint density at radius 3 is 2.92 bits per heavy atom. The zero-order valence-corrected chi connectivity index (χ0v) is 7.53. The van der Waals surface area contributed by atoms with Gasteiger partial charge < -0.3 is 15.2 Å². The summed E-state index contributed by atoms with van der Waals surface area (Å²) in [4.78, 5) is 10.3. The number of hydrogen-bond acceptors (Lipinski definition) is 3. The number of fused-ring (bicyclic) bond motifs is 2. The number of carbonyl (C=O) groups is 1. The molecule has 0 aromatic carbocycles. The molecule has 2 fully saturated rings. The second-order valence-electron chi connectivity index (χ2n) is 3.81. The van der Waals surface area contributed by atoms with Crippen molar-refractivity contribution in [3.05, 3.63) is 0 Å². The Kier molecular flexibility index (Phi) is 2.51. The van der Waals surface area contributed by atoms with Crippen LogP contribution in [-0.4, -0.2) is 35.9 Å². The van der Waals surface area contributed by atoms with Crippen LogP contribution in [0.25, 0.3) is 0 Å². The maximum absolute atomic E-state index is 10.3. The molecule has 2 aliphatic heterocycles. The number of nitrogens with one attached hydrogen (secondary N) is 1. The standard InChI is InChI=1S/C9H15NO3/c11-9(12)3-4-10-7-5-6-1-2-8(7)13-6/h6-8,10H,1-5H2,(H,11,12). The number of hydrogen-bond donors (Lipinski definition) is 2. The maximum Gasteiger partial charge on any atom is 0.304 e. The zero-order valence-electron chi connectivity index (χ0n) is 7.53. The molecule has 0 radical (unpaired) electrons. The van der Waals surface area contributed by atoms with Crippen LogP contribution in [0.4, 0.5) is 0 Å². The van der Waals surface area contributed by atoms with E-state index in [1.54, 1.807) is 0 Å². The van der Waals surface area contributed by atoms with Gasteiger partial charge in [-0.15, -0.1) is 0 Å². The summed E-state index contributed by atoms with van der Waals surface area (Å²) in [6.07, 6.45) is 4.36. The molecule has 4 heteroatoms. The molecule has 2 bridgehead atoms. The Balaban J connectivity index is 1.68. The number of ether oxygens (including phenoxy) is 1. The highest BCUT2D eigenvalue weighted by atomic mass is 16.5. The van der Waals surface area contributed by atoms with E-state index in [0.717, 1.165) is 12.8 Å². The summed E-state index contributed by atoms with van der Waals surface area (Å²) in [6, 6.07) is 0.401. The molecule has 3 unspecified atom stereocenters. The van der Waals surface area contributed by atoms with Crippen molar-refractivity contribution >= 4 is 5.97 Å². The van der Waals surface area contributed by atoms with Crippen molar-refractivity contribution in [2.75, 3.05) is 6.54 Å². The summed E-state index contributed by atoms with van der Waals surface area (Å²) in [5, 5.41) is 11.7. The Labute approximate surface area is 77.3 Å². The van der Waals surface area contributed by atoms with Gasteiger partial charge in [0.15, 0.2) is 0 Å². The van der Waals surface area contributed by atoms with Crippen molar-refractivity contribution in [2.45, 2.75) is 43.9 Å².